The summed E-state index contributed by atoms with van der Waals surface area (Å²) in [6.07, 6.45) is 0.940. The van der Waals surface area contributed by atoms with Crippen molar-refractivity contribution < 1.29 is 17.2 Å². The molecular formula is C14H21F2N5O2S. The van der Waals surface area contributed by atoms with Crippen LogP contribution in [-0.2, 0) is 16.6 Å². The maximum Gasteiger partial charge on any atom is 0.333 e. The second-order valence-corrected chi connectivity index (χ2v) is 7.62. The number of hydrogen-bond acceptors (Lipinski definition) is 4. The zero-order chi connectivity index (χ0) is 18.1. The van der Waals surface area contributed by atoms with Crippen LogP contribution in [0, 0.1) is 26.7 Å². The minimum absolute atomic E-state index is 0.0248. The molecule has 2 aromatic rings. The molecule has 0 aliphatic carbocycles. The molecule has 0 fully saturated rings. The third-order valence-electron chi connectivity index (χ3n) is 3.68. The Hall–Kier alpha value is -1.81. The van der Waals surface area contributed by atoms with Gasteiger partial charge in [-0.3, -0.25) is 4.68 Å². The van der Waals surface area contributed by atoms with E-state index in [1.807, 2.05) is 31.5 Å². The van der Waals surface area contributed by atoms with Crippen molar-refractivity contribution in [2.24, 2.45) is 5.92 Å². The van der Waals surface area contributed by atoms with Gasteiger partial charge < -0.3 is 0 Å². The van der Waals surface area contributed by atoms with Gasteiger partial charge in [-0.15, -0.1) is 0 Å². The lowest BCUT2D eigenvalue weighted by atomic mass is 10.2. The molecule has 0 aliphatic heterocycles. The maximum atomic E-state index is 12.7. The molecule has 7 nitrogen and oxygen atoms in total. The van der Waals surface area contributed by atoms with Gasteiger partial charge >= 0.3 is 6.55 Å². The van der Waals surface area contributed by atoms with Crippen LogP contribution in [-0.4, -0.2) is 34.5 Å². The summed E-state index contributed by atoms with van der Waals surface area (Å²) in [5.41, 5.74) is 1.80. The molecule has 1 atom stereocenters. The average Bonchev–Trinajstić information content (AvgIpc) is 3.00. The molecule has 0 saturated carbocycles. The minimum Gasteiger partial charge on any atom is -0.269 e. The van der Waals surface area contributed by atoms with Crippen LogP contribution in [0.15, 0.2) is 17.2 Å². The van der Waals surface area contributed by atoms with Crippen LogP contribution in [0.3, 0.4) is 0 Å². The fourth-order valence-corrected chi connectivity index (χ4v) is 3.75. The van der Waals surface area contributed by atoms with E-state index in [4.69, 9.17) is 0 Å². The second kappa shape index (κ2) is 6.98. The van der Waals surface area contributed by atoms with Crippen molar-refractivity contribution in [3.63, 3.8) is 0 Å². The first-order chi connectivity index (χ1) is 11.1. The minimum atomic E-state index is -3.89. The molecular weight excluding hydrogens is 340 g/mol. The first-order valence-corrected chi connectivity index (χ1v) is 8.93. The summed E-state index contributed by atoms with van der Waals surface area (Å²) in [7, 11) is -3.89. The van der Waals surface area contributed by atoms with Gasteiger partial charge in [0.2, 0.25) is 10.0 Å². The summed E-state index contributed by atoms with van der Waals surface area (Å²) in [5.74, 6) is -0.0248. The molecule has 0 radical (unpaired) electrons. The molecule has 1 unspecified atom stereocenters. The van der Waals surface area contributed by atoms with E-state index in [0.717, 1.165) is 17.6 Å². The van der Waals surface area contributed by atoms with Crippen molar-refractivity contribution in [3.8, 4) is 0 Å². The van der Waals surface area contributed by atoms with Crippen LogP contribution in [0.2, 0.25) is 0 Å². The van der Waals surface area contributed by atoms with E-state index in [-0.39, 0.29) is 23.1 Å². The lowest BCUT2D eigenvalue weighted by molar-refractivity contribution is 0.0541. The molecule has 0 bridgehead atoms. The van der Waals surface area contributed by atoms with Crippen molar-refractivity contribution in [3.05, 3.63) is 29.3 Å². The van der Waals surface area contributed by atoms with Crippen molar-refractivity contribution in [1.29, 1.82) is 0 Å². The van der Waals surface area contributed by atoms with Gasteiger partial charge in [0.1, 0.15) is 4.90 Å². The van der Waals surface area contributed by atoms with Crippen molar-refractivity contribution >= 4 is 10.0 Å². The Morgan fingerprint density at radius 2 is 1.96 bits per heavy atom. The summed E-state index contributed by atoms with van der Waals surface area (Å²) < 4.78 is 54.6. The highest BCUT2D eigenvalue weighted by atomic mass is 32.2. The van der Waals surface area contributed by atoms with Crippen molar-refractivity contribution in [1.82, 2.24) is 24.3 Å². The van der Waals surface area contributed by atoms with E-state index >= 15 is 0 Å². The molecule has 134 valence electrons. The monoisotopic (exact) mass is 361 g/mol. The molecule has 2 heterocycles. The van der Waals surface area contributed by atoms with E-state index in [1.165, 1.54) is 6.92 Å². The lowest BCUT2D eigenvalue weighted by Gasteiger charge is -2.14. The van der Waals surface area contributed by atoms with E-state index in [0.29, 0.717) is 11.2 Å². The maximum absolute atomic E-state index is 12.7. The van der Waals surface area contributed by atoms with Gasteiger partial charge in [-0.2, -0.15) is 19.0 Å². The molecule has 0 aromatic carbocycles. The smallest absolute Gasteiger partial charge is 0.269 e. The van der Waals surface area contributed by atoms with Crippen LogP contribution in [0.5, 0.6) is 0 Å². The normalized spacial score (nSPS) is 13.6. The highest BCUT2D eigenvalue weighted by Crippen LogP contribution is 2.19. The Labute approximate surface area is 139 Å². The van der Waals surface area contributed by atoms with Crippen molar-refractivity contribution in [2.75, 3.05) is 6.54 Å². The molecule has 24 heavy (non-hydrogen) atoms. The summed E-state index contributed by atoms with van der Waals surface area (Å²) in [6, 6.07) is 1.94. The number of aromatic nitrogens is 4. The van der Waals surface area contributed by atoms with Gasteiger partial charge in [0, 0.05) is 18.8 Å². The highest BCUT2D eigenvalue weighted by Gasteiger charge is 2.24. The summed E-state index contributed by atoms with van der Waals surface area (Å²) >= 11 is 0. The Bertz CT molecular complexity index is 813. The number of aryl methyl sites for hydroxylation is 2. The molecule has 2 rings (SSSR count). The van der Waals surface area contributed by atoms with E-state index in [1.54, 1.807) is 0 Å². The van der Waals surface area contributed by atoms with E-state index < -0.39 is 16.6 Å². The first kappa shape index (κ1) is 18.5. The Kier molecular flexibility index (Phi) is 5.38. The molecule has 2 aromatic heterocycles. The number of nitrogens with zero attached hydrogens (tertiary/aromatic N) is 4. The second-order valence-electron chi connectivity index (χ2n) is 5.88. The number of sulfonamides is 1. The van der Waals surface area contributed by atoms with Crippen LogP contribution >= 0.6 is 0 Å². The topological polar surface area (TPSA) is 81.8 Å². The predicted molar refractivity (Wildman–Crippen MR) is 84.3 cm³/mol. The standard InChI is InChI=1S/C14H21F2N5O2S/c1-9(8-20-11(3)5-10(2)19-20)6-18-24(22,23)13-7-17-21(12(13)4)14(15)16/h5,7,9,14,18H,6,8H2,1-4H3. The largest absolute Gasteiger partial charge is 0.333 e. The predicted octanol–water partition coefficient (Wildman–Crippen LogP) is 2.01. The summed E-state index contributed by atoms with van der Waals surface area (Å²) in [4.78, 5) is -0.235. The quantitative estimate of drug-likeness (QED) is 0.818. The zero-order valence-electron chi connectivity index (χ0n) is 14.0. The zero-order valence-corrected chi connectivity index (χ0v) is 14.8. The molecule has 0 aliphatic rings. The third kappa shape index (κ3) is 3.99. The fraction of sp³-hybridized carbons (Fsp3) is 0.571. The van der Waals surface area contributed by atoms with Crippen molar-refractivity contribution in [2.45, 2.75) is 45.7 Å². The van der Waals surface area contributed by atoms with Crippen LogP contribution in [0.1, 0.15) is 30.6 Å². The summed E-state index contributed by atoms with van der Waals surface area (Å²) in [6.45, 7) is 4.84. The summed E-state index contributed by atoms with van der Waals surface area (Å²) in [5, 5.41) is 7.76. The molecule has 0 spiro atoms. The fourth-order valence-electron chi connectivity index (χ4n) is 2.42. The molecule has 1 N–H and O–H groups in total. The average molecular weight is 361 g/mol. The Balaban J connectivity index is 2.03. The highest BCUT2D eigenvalue weighted by molar-refractivity contribution is 7.89. The molecule has 0 saturated heterocycles. The number of rotatable bonds is 7. The first-order valence-electron chi connectivity index (χ1n) is 7.44. The lowest BCUT2D eigenvalue weighted by Crippen LogP contribution is -2.30. The molecule has 0 amide bonds. The van der Waals surface area contributed by atoms with Gasteiger partial charge in [-0.05, 0) is 32.8 Å². The van der Waals surface area contributed by atoms with Gasteiger partial charge in [0.15, 0.2) is 0 Å². The Morgan fingerprint density at radius 1 is 1.29 bits per heavy atom. The number of nitrogens with one attached hydrogen (secondary N) is 1. The van der Waals surface area contributed by atoms with Crippen LogP contribution < -0.4 is 4.72 Å². The van der Waals surface area contributed by atoms with Gasteiger partial charge in [0.25, 0.3) is 0 Å². The van der Waals surface area contributed by atoms with Crippen LogP contribution in [0.25, 0.3) is 0 Å². The number of alkyl halides is 2. The number of hydrogen-bond donors (Lipinski definition) is 1. The van der Waals surface area contributed by atoms with Gasteiger partial charge in [-0.1, -0.05) is 6.92 Å². The Morgan fingerprint density at radius 3 is 2.46 bits per heavy atom. The number of halogens is 2. The van der Waals surface area contributed by atoms with Crippen LogP contribution in [0.4, 0.5) is 8.78 Å². The van der Waals surface area contributed by atoms with Gasteiger partial charge in [-0.25, -0.2) is 17.8 Å². The van der Waals surface area contributed by atoms with E-state index in [2.05, 4.69) is 14.9 Å². The van der Waals surface area contributed by atoms with E-state index in [9.17, 15) is 17.2 Å². The van der Waals surface area contributed by atoms with Gasteiger partial charge in [0.05, 0.1) is 17.6 Å². The third-order valence-corrected chi connectivity index (χ3v) is 5.21. The molecule has 10 heteroatoms. The SMILES string of the molecule is Cc1cc(C)n(CC(C)CNS(=O)(=O)c2cnn(C(F)F)c2C)n1.